The second-order valence-electron chi connectivity index (χ2n) is 6.92. The molecule has 4 aromatic heterocycles. The van der Waals surface area contributed by atoms with Gasteiger partial charge < -0.3 is 10.3 Å². The van der Waals surface area contributed by atoms with Gasteiger partial charge in [-0.1, -0.05) is 25.1 Å². The van der Waals surface area contributed by atoms with Crippen molar-refractivity contribution in [3.05, 3.63) is 65.6 Å². The number of anilines is 1. The Morgan fingerprint density at radius 1 is 1.10 bits per heavy atom. The molecule has 1 aromatic carbocycles. The van der Waals surface area contributed by atoms with Gasteiger partial charge in [0.1, 0.15) is 11.5 Å². The van der Waals surface area contributed by atoms with E-state index in [9.17, 15) is 0 Å². The molecule has 0 aliphatic rings. The quantitative estimate of drug-likeness (QED) is 0.340. The van der Waals surface area contributed by atoms with Crippen molar-refractivity contribution in [3.63, 3.8) is 0 Å². The Morgan fingerprint density at radius 2 is 2.00 bits per heavy atom. The largest absolute Gasteiger partial charge is 0.365 e. The van der Waals surface area contributed by atoms with E-state index in [0.29, 0.717) is 11.7 Å². The topological polar surface area (TPSA) is 79.4 Å². The Kier molecular flexibility index (Phi) is 5.10. The Labute approximate surface area is 182 Å². The molecule has 0 aliphatic heterocycles. The zero-order valence-corrected chi connectivity index (χ0v) is 18.3. The van der Waals surface area contributed by atoms with Crippen LogP contribution in [0, 0.1) is 6.92 Å². The van der Waals surface area contributed by atoms with E-state index in [4.69, 9.17) is 15.0 Å². The predicted octanol–water partition coefficient (Wildman–Crippen LogP) is 5.60. The molecule has 0 aliphatic carbocycles. The summed E-state index contributed by atoms with van der Waals surface area (Å²) in [6.07, 6.45) is 4.57. The van der Waals surface area contributed by atoms with Gasteiger partial charge >= 0.3 is 0 Å². The Hall–Kier alpha value is -2.97. The Balaban J connectivity index is 1.53. The van der Waals surface area contributed by atoms with Gasteiger partial charge in [0.15, 0.2) is 9.50 Å². The Bertz CT molecular complexity index is 1290. The maximum absolute atomic E-state index is 4.86. The lowest BCUT2D eigenvalue weighted by molar-refractivity contribution is 0.970. The van der Waals surface area contributed by atoms with Crippen molar-refractivity contribution in [2.45, 2.75) is 36.3 Å². The maximum Gasteiger partial charge on any atom is 0.198 e. The van der Waals surface area contributed by atoms with Gasteiger partial charge in [-0.25, -0.2) is 15.0 Å². The number of aromatic amines is 1. The summed E-state index contributed by atoms with van der Waals surface area (Å²) >= 11 is 3.16. The molecule has 0 radical (unpaired) electrons. The molecule has 0 saturated heterocycles. The van der Waals surface area contributed by atoms with E-state index in [1.807, 2.05) is 30.5 Å². The summed E-state index contributed by atoms with van der Waals surface area (Å²) in [5, 5.41) is 5.22. The summed E-state index contributed by atoms with van der Waals surface area (Å²) < 4.78 is 2.10. The number of fused-ring (bicyclic) bond motifs is 2. The van der Waals surface area contributed by atoms with Crippen LogP contribution in [0.4, 0.5) is 5.82 Å². The van der Waals surface area contributed by atoms with Crippen molar-refractivity contribution in [1.82, 2.24) is 24.9 Å². The highest BCUT2D eigenvalue weighted by molar-refractivity contribution is 8.01. The number of rotatable bonds is 6. The van der Waals surface area contributed by atoms with Crippen molar-refractivity contribution in [2.24, 2.45) is 0 Å². The minimum Gasteiger partial charge on any atom is -0.365 e. The number of pyridine rings is 1. The van der Waals surface area contributed by atoms with Crippen LogP contribution in [-0.4, -0.2) is 24.9 Å². The minimum atomic E-state index is 0.650. The van der Waals surface area contributed by atoms with Gasteiger partial charge in [-0.3, -0.25) is 4.98 Å². The monoisotopic (exact) mass is 432 g/mol. The molecule has 8 heteroatoms. The first-order chi connectivity index (χ1) is 14.7. The fraction of sp³-hybridized carbons (Fsp3) is 0.182. The molecule has 30 heavy (non-hydrogen) atoms. The summed E-state index contributed by atoms with van der Waals surface area (Å²) in [5.74, 6) is 0.834. The van der Waals surface area contributed by atoms with Crippen molar-refractivity contribution in [1.29, 1.82) is 0 Å². The number of nitrogens with zero attached hydrogens (tertiary/aromatic N) is 4. The summed E-state index contributed by atoms with van der Waals surface area (Å²) in [6, 6.07) is 12.2. The first-order valence-corrected chi connectivity index (χ1v) is 11.4. The van der Waals surface area contributed by atoms with Crippen LogP contribution < -0.4 is 5.32 Å². The molecule has 0 saturated carbocycles. The van der Waals surface area contributed by atoms with Gasteiger partial charge in [-0.05, 0) is 54.4 Å². The van der Waals surface area contributed by atoms with Crippen LogP contribution in [0.5, 0.6) is 0 Å². The van der Waals surface area contributed by atoms with Gasteiger partial charge in [0.2, 0.25) is 0 Å². The number of thiazole rings is 1. The van der Waals surface area contributed by atoms with Crippen LogP contribution in [0.15, 0.2) is 58.3 Å². The number of hydrogen-bond acceptors (Lipinski definition) is 7. The number of H-pyrrole nitrogens is 1. The van der Waals surface area contributed by atoms with Crippen LogP contribution in [0.1, 0.15) is 23.7 Å². The molecular formula is C22H20N6S2. The molecule has 0 amide bonds. The second kappa shape index (κ2) is 8.04. The van der Waals surface area contributed by atoms with Crippen LogP contribution in [0.3, 0.4) is 0 Å². The van der Waals surface area contributed by atoms with E-state index in [2.05, 4.69) is 41.3 Å². The smallest absolute Gasteiger partial charge is 0.198 e. The van der Waals surface area contributed by atoms with Gasteiger partial charge in [-0.15, -0.1) is 11.3 Å². The lowest BCUT2D eigenvalue weighted by atomic mass is 10.1. The molecule has 0 atom stereocenters. The van der Waals surface area contributed by atoms with Crippen LogP contribution in [0.25, 0.3) is 21.3 Å². The molecule has 0 bridgehead atoms. The van der Waals surface area contributed by atoms with Crippen LogP contribution in [0.2, 0.25) is 0 Å². The first kappa shape index (κ1) is 19.0. The lowest BCUT2D eigenvalue weighted by Gasteiger charge is -2.09. The molecule has 150 valence electrons. The molecule has 5 aromatic rings. The maximum atomic E-state index is 4.86. The van der Waals surface area contributed by atoms with Gasteiger partial charge in [-0.2, -0.15) is 0 Å². The standard InChI is InChI=1S/C22H20N6S2/c1-3-15-13(2)18-19(24-12-14-7-6-10-23-11-14)27-21(28-20(18)25-15)30-22-26-16-8-4-5-9-17(16)29-22/h4-11H,3,12H2,1-2H3,(H2,24,25,27,28). The fourth-order valence-electron chi connectivity index (χ4n) is 3.46. The highest BCUT2D eigenvalue weighted by Gasteiger charge is 2.17. The third-order valence-electron chi connectivity index (χ3n) is 4.97. The van der Waals surface area contributed by atoms with Gasteiger partial charge in [0, 0.05) is 24.6 Å². The number of aromatic nitrogens is 5. The molecule has 0 spiro atoms. The van der Waals surface area contributed by atoms with Gasteiger partial charge in [0.05, 0.1) is 15.6 Å². The van der Waals surface area contributed by atoms with Crippen molar-refractivity contribution in [2.75, 3.05) is 5.32 Å². The number of nitrogens with one attached hydrogen (secondary N) is 2. The third-order valence-corrected chi connectivity index (χ3v) is 6.94. The van der Waals surface area contributed by atoms with E-state index < -0.39 is 0 Å². The van der Waals surface area contributed by atoms with Crippen molar-refractivity contribution < 1.29 is 0 Å². The SMILES string of the molecule is CCc1[nH]c2nc(Sc3nc4ccccc4s3)nc(NCc3cccnc3)c2c1C. The van der Waals surface area contributed by atoms with Crippen LogP contribution in [-0.2, 0) is 13.0 Å². The fourth-order valence-corrected chi connectivity index (χ4v) is 5.39. The number of para-hydroxylation sites is 1. The van der Waals surface area contributed by atoms with E-state index >= 15 is 0 Å². The zero-order valence-electron chi connectivity index (χ0n) is 16.6. The summed E-state index contributed by atoms with van der Waals surface area (Å²) in [7, 11) is 0. The summed E-state index contributed by atoms with van der Waals surface area (Å²) in [6.45, 7) is 4.92. The molecular weight excluding hydrogens is 412 g/mol. The first-order valence-electron chi connectivity index (χ1n) is 9.76. The van der Waals surface area contributed by atoms with Crippen molar-refractivity contribution in [3.8, 4) is 0 Å². The van der Waals surface area contributed by atoms with E-state index in [-0.39, 0.29) is 0 Å². The van der Waals surface area contributed by atoms with Crippen LogP contribution >= 0.6 is 23.1 Å². The van der Waals surface area contributed by atoms with E-state index in [1.165, 1.54) is 27.7 Å². The molecule has 2 N–H and O–H groups in total. The highest BCUT2D eigenvalue weighted by Crippen LogP contribution is 2.35. The third kappa shape index (κ3) is 3.64. The average molecular weight is 433 g/mol. The zero-order chi connectivity index (χ0) is 20.5. The van der Waals surface area contributed by atoms with Gasteiger partial charge in [0.25, 0.3) is 0 Å². The second-order valence-corrected chi connectivity index (χ2v) is 9.17. The van der Waals surface area contributed by atoms with Crippen molar-refractivity contribution >= 4 is 50.2 Å². The van der Waals surface area contributed by atoms with E-state index in [1.54, 1.807) is 17.5 Å². The normalized spacial score (nSPS) is 11.4. The number of aryl methyl sites for hydroxylation is 2. The molecule has 5 rings (SSSR count). The predicted molar refractivity (Wildman–Crippen MR) is 123 cm³/mol. The Morgan fingerprint density at radius 3 is 2.80 bits per heavy atom. The van der Waals surface area contributed by atoms with E-state index in [0.717, 1.165) is 38.7 Å². The minimum absolute atomic E-state index is 0.650. The average Bonchev–Trinajstić information content (AvgIpc) is 3.32. The highest BCUT2D eigenvalue weighted by atomic mass is 32.2. The molecule has 4 heterocycles. The molecule has 6 nitrogen and oxygen atoms in total. The lowest BCUT2D eigenvalue weighted by Crippen LogP contribution is -2.04. The summed E-state index contributed by atoms with van der Waals surface area (Å²) in [4.78, 5) is 22.0. The molecule has 0 fully saturated rings. The summed E-state index contributed by atoms with van der Waals surface area (Å²) in [5.41, 5.74) is 5.35. The molecule has 0 unspecified atom stereocenters. The number of benzene rings is 1. The number of hydrogen-bond donors (Lipinski definition) is 2.